The molecule has 0 saturated heterocycles. The lowest BCUT2D eigenvalue weighted by Crippen LogP contribution is -2.00. The maximum atomic E-state index is 9.88. The number of nitrogens with one attached hydrogen (secondary N) is 1. The summed E-state index contributed by atoms with van der Waals surface area (Å²) in [5.41, 5.74) is 1.83. The highest BCUT2D eigenvalue weighted by atomic mass is 79.9. The molecule has 0 unspecified atom stereocenters. The molecule has 0 aromatic heterocycles. The van der Waals surface area contributed by atoms with Crippen molar-refractivity contribution in [1.29, 1.82) is 0 Å². The van der Waals surface area contributed by atoms with Crippen LogP contribution in [0.15, 0.2) is 49.8 Å². The SMILES string of the molecule is Oc1c(Br)cccc1CNc1ccc(Br)cc1Br. The van der Waals surface area contributed by atoms with Gasteiger partial charge in [-0.05, 0) is 56.1 Å². The van der Waals surface area contributed by atoms with Crippen molar-refractivity contribution in [2.75, 3.05) is 5.32 Å². The van der Waals surface area contributed by atoms with E-state index in [1.807, 2.05) is 36.4 Å². The van der Waals surface area contributed by atoms with Gasteiger partial charge in [-0.3, -0.25) is 0 Å². The van der Waals surface area contributed by atoms with Crippen molar-refractivity contribution >= 4 is 53.5 Å². The number of aromatic hydroxyl groups is 1. The largest absolute Gasteiger partial charge is 0.506 e. The van der Waals surface area contributed by atoms with Crippen LogP contribution in [0.5, 0.6) is 5.75 Å². The Morgan fingerprint density at radius 2 is 1.78 bits per heavy atom. The Hall–Kier alpha value is -0.520. The lowest BCUT2D eigenvalue weighted by molar-refractivity contribution is 0.465. The molecule has 0 fully saturated rings. The van der Waals surface area contributed by atoms with Crippen LogP contribution in [0.25, 0.3) is 0 Å². The molecular formula is C13H10Br3NO. The normalized spacial score (nSPS) is 10.4. The van der Waals surface area contributed by atoms with Crippen LogP contribution in [0.4, 0.5) is 5.69 Å². The third kappa shape index (κ3) is 3.28. The second-order valence-corrected chi connectivity index (χ2v) is 6.35. The number of hydrogen-bond acceptors (Lipinski definition) is 2. The Morgan fingerprint density at radius 1 is 1.00 bits per heavy atom. The fraction of sp³-hybridized carbons (Fsp3) is 0.0769. The average molecular weight is 436 g/mol. The second-order valence-electron chi connectivity index (χ2n) is 3.73. The van der Waals surface area contributed by atoms with Crippen molar-refractivity contribution in [2.45, 2.75) is 6.54 Å². The van der Waals surface area contributed by atoms with Crippen LogP contribution >= 0.6 is 47.8 Å². The van der Waals surface area contributed by atoms with E-state index in [0.29, 0.717) is 11.0 Å². The van der Waals surface area contributed by atoms with Gasteiger partial charge < -0.3 is 10.4 Å². The zero-order valence-electron chi connectivity index (χ0n) is 9.25. The van der Waals surface area contributed by atoms with Gasteiger partial charge in [0.15, 0.2) is 0 Å². The first kappa shape index (κ1) is 13.9. The van der Waals surface area contributed by atoms with Crippen LogP contribution in [-0.2, 0) is 6.54 Å². The van der Waals surface area contributed by atoms with Gasteiger partial charge in [0, 0.05) is 26.7 Å². The predicted molar refractivity (Wildman–Crippen MR) is 85.0 cm³/mol. The molecule has 0 bridgehead atoms. The van der Waals surface area contributed by atoms with Gasteiger partial charge in [0.25, 0.3) is 0 Å². The fourth-order valence-corrected chi connectivity index (χ4v) is 3.12. The number of benzene rings is 2. The Labute approximate surface area is 131 Å². The topological polar surface area (TPSA) is 32.3 Å². The lowest BCUT2D eigenvalue weighted by atomic mass is 10.2. The minimum atomic E-state index is 0.276. The Kier molecular flexibility index (Phi) is 4.70. The highest BCUT2D eigenvalue weighted by Crippen LogP contribution is 2.30. The number of phenols is 1. The highest BCUT2D eigenvalue weighted by molar-refractivity contribution is 9.11. The first-order valence-corrected chi connectivity index (χ1v) is 7.61. The van der Waals surface area contributed by atoms with Crippen molar-refractivity contribution in [3.8, 4) is 5.75 Å². The third-order valence-corrected chi connectivity index (χ3v) is 4.26. The summed E-state index contributed by atoms with van der Waals surface area (Å²) in [6, 6.07) is 11.5. The first-order chi connectivity index (χ1) is 8.58. The van der Waals surface area contributed by atoms with E-state index in [2.05, 4.69) is 53.1 Å². The average Bonchev–Trinajstić information content (AvgIpc) is 2.33. The summed E-state index contributed by atoms with van der Waals surface area (Å²) in [4.78, 5) is 0. The molecule has 0 heterocycles. The molecular weight excluding hydrogens is 426 g/mol. The molecule has 2 nitrogen and oxygen atoms in total. The van der Waals surface area contributed by atoms with Crippen LogP contribution in [0.3, 0.4) is 0 Å². The van der Waals surface area contributed by atoms with Gasteiger partial charge in [0.2, 0.25) is 0 Å². The van der Waals surface area contributed by atoms with E-state index in [1.54, 1.807) is 0 Å². The molecule has 0 radical (unpaired) electrons. The monoisotopic (exact) mass is 433 g/mol. The molecule has 5 heteroatoms. The maximum absolute atomic E-state index is 9.88. The number of anilines is 1. The Balaban J connectivity index is 2.14. The van der Waals surface area contributed by atoms with Crippen molar-refractivity contribution in [1.82, 2.24) is 0 Å². The first-order valence-electron chi connectivity index (χ1n) is 5.23. The predicted octanol–water partition coefficient (Wildman–Crippen LogP) is 5.29. The van der Waals surface area contributed by atoms with Crippen molar-refractivity contribution < 1.29 is 5.11 Å². The van der Waals surface area contributed by atoms with Gasteiger partial charge in [-0.2, -0.15) is 0 Å². The molecule has 0 aliphatic heterocycles. The quantitative estimate of drug-likeness (QED) is 0.686. The summed E-state index contributed by atoms with van der Waals surface area (Å²) in [7, 11) is 0. The van der Waals surface area contributed by atoms with E-state index < -0.39 is 0 Å². The Morgan fingerprint density at radius 3 is 2.50 bits per heavy atom. The van der Waals surface area contributed by atoms with Gasteiger partial charge >= 0.3 is 0 Å². The van der Waals surface area contributed by atoms with E-state index in [0.717, 1.165) is 20.2 Å². The molecule has 0 aliphatic carbocycles. The number of halogens is 3. The standard InChI is InChI=1S/C13H10Br3NO/c14-9-4-5-12(11(16)6-9)17-7-8-2-1-3-10(15)13(8)18/h1-6,17-18H,7H2. The number of rotatable bonds is 3. The summed E-state index contributed by atoms with van der Waals surface area (Å²) >= 11 is 10.2. The molecule has 2 N–H and O–H groups in total. The van der Waals surface area contributed by atoms with Crippen LogP contribution in [0, 0.1) is 0 Å². The summed E-state index contributed by atoms with van der Waals surface area (Å²) in [5.74, 6) is 0.276. The molecule has 94 valence electrons. The van der Waals surface area contributed by atoms with Gasteiger partial charge in [-0.15, -0.1) is 0 Å². The zero-order chi connectivity index (χ0) is 13.1. The van der Waals surface area contributed by atoms with E-state index in [1.165, 1.54) is 0 Å². The molecule has 2 rings (SSSR count). The number of para-hydroxylation sites is 1. The molecule has 0 amide bonds. The fourth-order valence-electron chi connectivity index (χ4n) is 1.53. The molecule has 0 aliphatic rings. The second kappa shape index (κ2) is 6.08. The van der Waals surface area contributed by atoms with Gasteiger partial charge in [-0.1, -0.05) is 28.1 Å². The molecule has 0 spiro atoms. The van der Waals surface area contributed by atoms with Crippen molar-refractivity contribution in [3.05, 3.63) is 55.4 Å². The van der Waals surface area contributed by atoms with E-state index in [-0.39, 0.29) is 5.75 Å². The molecule has 0 saturated carbocycles. The number of hydrogen-bond donors (Lipinski definition) is 2. The van der Waals surface area contributed by atoms with E-state index in [4.69, 9.17) is 0 Å². The molecule has 0 atom stereocenters. The third-order valence-electron chi connectivity index (χ3n) is 2.47. The minimum absolute atomic E-state index is 0.276. The summed E-state index contributed by atoms with van der Waals surface area (Å²) in [6.45, 7) is 0.561. The van der Waals surface area contributed by atoms with E-state index >= 15 is 0 Å². The molecule has 2 aromatic carbocycles. The van der Waals surface area contributed by atoms with Crippen LogP contribution < -0.4 is 5.32 Å². The van der Waals surface area contributed by atoms with Gasteiger partial charge in [-0.25, -0.2) is 0 Å². The van der Waals surface area contributed by atoms with E-state index in [9.17, 15) is 5.11 Å². The summed E-state index contributed by atoms with van der Waals surface area (Å²) in [6.07, 6.45) is 0. The molecule has 2 aromatic rings. The van der Waals surface area contributed by atoms with Crippen molar-refractivity contribution in [2.24, 2.45) is 0 Å². The van der Waals surface area contributed by atoms with Crippen LogP contribution in [-0.4, -0.2) is 5.11 Å². The highest BCUT2D eigenvalue weighted by Gasteiger charge is 2.05. The van der Waals surface area contributed by atoms with Crippen molar-refractivity contribution in [3.63, 3.8) is 0 Å². The molecule has 18 heavy (non-hydrogen) atoms. The number of phenolic OH excluding ortho intramolecular Hbond substituents is 1. The van der Waals surface area contributed by atoms with Crippen LogP contribution in [0.1, 0.15) is 5.56 Å². The lowest BCUT2D eigenvalue weighted by Gasteiger charge is -2.10. The minimum Gasteiger partial charge on any atom is -0.506 e. The smallest absolute Gasteiger partial charge is 0.134 e. The zero-order valence-corrected chi connectivity index (χ0v) is 14.0. The van der Waals surface area contributed by atoms with Gasteiger partial charge in [0.05, 0.1) is 4.47 Å². The maximum Gasteiger partial charge on any atom is 0.134 e. The Bertz CT molecular complexity index is 572. The summed E-state index contributed by atoms with van der Waals surface area (Å²) < 4.78 is 2.70. The summed E-state index contributed by atoms with van der Waals surface area (Å²) in [5, 5.41) is 13.2. The van der Waals surface area contributed by atoms with Crippen LogP contribution in [0.2, 0.25) is 0 Å². The van der Waals surface area contributed by atoms with Gasteiger partial charge in [0.1, 0.15) is 5.75 Å².